The van der Waals surface area contributed by atoms with Crippen LogP contribution in [0.25, 0.3) is 0 Å². The van der Waals surface area contributed by atoms with Crippen LogP contribution >= 0.6 is 0 Å². The molecule has 1 aromatic rings. The van der Waals surface area contributed by atoms with E-state index in [1.165, 1.54) is 25.3 Å². The number of hydrogen-bond donors (Lipinski definition) is 0. The largest absolute Gasteiger partial charge is 0.478 e. The van der Waals surface area contributed by atoms with Crippen LogP contribution in [-0.2, 0) is 9.53 Å². The predicted molar refractivity (Wildman–Crippen MR) is 69.1 cm³/mol. The van der Waals surface area contributed by atoms with Crippen LogP contribution in [0.3, 0.4) is 0 Å². The third kappa shape index (κ3) is 4.57. The maximum absolute atomic E-state index is 11.6. The first-order valence-corrected chi connectivity index (χ1v) is 6.07. The van der Waals surface area contributed by atoms with Gasteiger partial charge < -0.3 is 9.47 Å². The fourth-order valence-electron chi connectivity index (χ4n) is 1.58. The number of nitro groups is 1. The Labute approximate surface area is 111 Å². The van der Waals surface area contributed by atoms with Crippen LogP contribution in [-0.4, -0.2) is 24.1 Å². The van der Waals surface area contributed by atoms with Crippen molar-refractivity contribution in [2.24, 2.45) is 0 Å². The fourth-order valence-corrected chi connectivity index (χ4v) is 1.58. The molecule has 19 heavy (non-hydrogen) atoms. The van der Waals surface area contributed by atoms with Crippen molar-refractivity contribution in [2.45, 2.75) is 32.3 Å². The van der Waals surface area contributed by atoms with Gasteiger partial charge in [-0.2, -0.15) is 0 Å². The van der Waals surface area contributed by atoms with Crippen LogP contribution < -0.4 is 4.74 Å². The predicted octanol–water partition coefficient (Wildman–Crippen LogP) is 2.71. The molecule has 1 atom stereocenters. The van der Waals surface area contributed by atoms with E-state index in [9.17, 15) is 14.9 Å². The number of esters is 1. The Bertz CT molecular complexity index is 446. The molecule has 0 aromatic heterocycles. The molecule has 0 aliphatic heterocycles. The summed E-state index contributed by atoms with van der Waals surface area (Å²) in [5.41, 5.74) is -0.0726. The highest BCUT2D eigenvalue weighted by Crippen LogP contribution is 2.21. The molecule has 0 fully saturated rings. The van der Waals surface area contributed by atoms with Gasteiger partial charge in [0.15, 0.2) is 6.10 Å². The van der Waals surface area contributed by atoms with E-state index in [1.807, 2.05) is 6.92 Å². The molecule has 1 unspecified atom stereocenters. The van der Waals surface area contributed by atoms with E-state index in [2.05, 4.69) is 4.74 Å². The van der Waals surface area contributed by atoms with Gasteiger partial charge in [-0.3, -0.25) is 10.1 Å². The first-order valence-electron chi connectivity index (χ1n) is 6.07. The summed E-state index contributed by atoms with van der Waals surface area (Å²) in [5, 5.41) is 10.7. The summed E-state index contributed by atoms with van der Waals surface area (Å²) in [6, 6.07) is 5.75. The molecule has 0 aliphatic rings. The third-order valence-electron chi connectivity index (χ3n) is 2.59. The molecular weight excluding hydrogens is 250 g/mol. The van der Waals surface area contributed by atoms with E-state index in [-0.39, 0.29) is 5.69 Å². The van der Waals surface area contributed by atoms with Crippen molar-refractivity contribution in [3.63, 3.8) is 0 Å². The van der Waals surface area contributed by atoms with Gasteiger partial charge in [-0.05, 0) is 18.9 Å². The summed E-state index contributed by atoms with van der Waals surface area (Å²) in [7, 11) is 1.29. The Hall–Kier alpha value is -2.11. The highest BCUT2D eigenvalue weighted by atomic mass is 16.6. The number of benzene rings is 1. The molecule has 104 valence electrons. The Morgan fingerprint density at radius 3 is 2.79 bits per heavy atom. The van der Waals surface area contributed by atoms with E-state index in [0.29, 0.717) is 12.2 Å². The first kappa shape index (κ1) is 14.9. The van der Waals surface area contributed by atoms with E-state index >= 15 is 0 Å². The van der Waals surface area contributed by atoms with Gasteiger partial charge in [0.25, 0.3) is 5.69 Å². The normalized spacial score (nSPS) is 11.7. The second-order valence-electron chi connectivity index (χ2n) is 4.03. The number of methoxy groups -OCH3 is 1. The Morgan fingerprint density at radius 2 is 2.21 bits per heavy atom. The lowest BCUT2D eigenvalue weighted by molar-refractivity contribution is -0.384. The topological polar surface area (TPSA) is 78.7 Å². The third-order valence-corrected chi connectivity index (χ3v) is 2.59. The highest BCUT2D eigenvalue weighted by Gasteiger charge is 2.21. The summed E-state index contributed by atoms with van der Waals surface area (Å²) < 4.78 is 10.1. The average molecular weight is 267 g/mol. The van der Waals surface area contributed by atoms with Crippen molar-refractivity contribution in [3.8, 4) is 5.75 Å². The van der Waals surface area contributed by atoms with Gasteiger partial charge in [-0.15, -0.1) is 0 Å². The number of nitro benzene ring substituents is 1. The van der Waals surface area contributed by atoms with Crippen LogP contribution in [0.15, 0.2) is 24.3 Å². The monoisotopic (exact) mass is 267 g/mol. The van der Waals surface area contributed by atoms with Gasteiger partial charge in [0.2, 0.25) is 0 Å². The molecule has 1 rings (SSSR count). The number of ether oxygens (including phenoxy) is 2. The Balaban J connectivity index is 2.80. The molecule has 0 heterocycles. The number of hydrogen-bond acceptors (Lipinski definition) is 5. The molecular formula is C13H17NO5. The second-order valence-corrected chi connectivity index (χ2v) is 4.03. The molecule has 0 spiro atoms. The lowest BCUT2D eigenvalue weighted by Crippen LogP contribution is -2.28. The molecule has 0 saturated carbocycles. The number of carbonyl (C=O) groups is 1. The average Bonchev–Trinajstić information content (AvgIpc) is 2.42. The zero-order chi connectivity index (χ0) is 14.3. The lowest BCUT2D eigenvalue weighted by atomic mass is 10.1. The molecule has 6 heteroatoms. The standard InChI is InChI=1S/C13H17NO5/c1-3-4-8-12(13(15)18-2)19-11-7-5-6-10(9-11)14(16)17/h5-7,9,12H,3-4,8H2,1-2H3. The quantitative estimate of drug-likeness (QED) is 0.431. The maximum atomic E-state index is 11.6. The van der Waals surface area contributed by atoms with Crippen molar-refractivity contribution in [1.82, 2.24) is 0 Å². The van der Waals surface area contributed by atoms with E-state index in [0.717, 1.165) is 12.8 Å². The highest BCUT2D eigenvalue weighted by molar-refractivity contribution is 5.74. The number of carbonyl (C=O) groups excluding carboxylic acids is 1. The zero-order valence-corrected chi connectivity index (χ0v) is 11.0. The summed E-state index contributed by atoms with van der Waals surface area (Å²) >= 11 is 0. The van der Waals surface area contributed by atoms with Crippen LogP contribution in [0, 0.1) is 10.1 Å². The summed E-state index contributed by atoms with van der Waals surface area (Å²) in [6.07, 6.45) is 1.53. The number of rotatable bonds is 7. The summed E-state index contributed by atoms with van der Waals surface area (Å²) in [4.78, 5) is 21.7. The Morgan fingerprint density at radius 1 is 1.47 bits per heavy atom. The second kappa shape index (κ2) is 7.35. The van der Waals surface area contributed by atoms with Crippen molar-refractivity contribution < 1.29 is 19.2 Å². The van der Waals surface area contributed by atoms with E-state index in [1.54, 1.807) is 6.07 Å². The van der Waals surface area contributed by atoms with Gasteiger partial charge in [0.1, 0.15) is 5.75 Å². The number of unbranched alkanes of at least 4 members (excludes halogenated alkanes) is 1. The lowest BCUT2D eigenvalue weighted by Gasteiger charge is -2.16. The van der Waals surface area contributed by atoms with Gasteiger partial charge in [-0.25, -0.2) is 4.79 Å². The van der Waals surface area contributed by atoms with Crippen molar-refractivity contribution in [2.75, 3.05) is 7.11 Å². The minimum absolute atomic E-state index is 0.0726. The van der Waals surface area contributed by atoms with Gasteiger partial charge >= 0.3 is 5.97 Å². The summed E-state index contributed by atoms with van der Waals surface area (Å²) in [6.45, 7) is 2.00. The molecule has 0 radical (unpaired) electrons. The van der Waals surface area contributed by atoms with E-state index < -0.39 is 17.0 Å². The molecule has 0 saturated heterocycles. The van der Waals surface area contributed by atoms with E-state index in [4.69, 9.17) is 4.74 Å². The van der Waals surface area contributed by atoms with Crippen molar-refractivity contribution in [1.29, 1.82) is 0 Å². The first-order chi connectivity index (χ1) is 9.08. The maximum Gasteiger partial charge on any atom is 0.347 e. The number of non-ortho nitro benzene ring substituents is 1. The minimum atomic E-state index is -0.730. The Kier molecular flexibility index (Phi) is 5.78. The van der Waals surface area contributed by atoms with Crippen LogP contribution in [0.2, 0.25) is 0 Å². The molecule has 0 aliphatic carbocycles. The van der Waals surface area contributed by atoms with Crippen molar-refractivity contribution >= 4 is 11.7 Å². The molecule has 0 bridgehead atoms. The SMILES string of the molecule is CCCCC(Oc1cccc([N+](=O)[O-])c1)C(=O)OC. The summed E-state index contributed by atoms with van der Waals surface area (Å²) in [5.74, 6) is -0.180. The zero-order valence-electron chi connectivity index (χ0n) is 11.0. The smallest absolute Gasteiger partial charge is 0.347 e. The van der Waals surface area contributed by atoms with Crippen LogP contribution in [0.1, 0.15) is 26.2 Å². The molecule has 6 nitrogen and oxygen atoms in total. The van der Waals surface area contributed by atoms with Crippen LogP contribution in [0.5, 0.6) is 5.75 Å². The van der Waals surface area contributed by atoms with Gasteiger partial charge in [0, 0.05) is 6.07 Å². The van der Waals surface area contributed by atoms with Gasteiger partial charge in [-0.1, -0.05) is 19.4 Å². The molecule has 1 aromatic carbocycles. The van der Waals surface area contributed by atoms with Crippen molar-refractivity contribution in [3.05, 3.63) is 34.4 Å². The molecule has 0 amide bonds. The molecule has 0 N–H and O–H groups in total. The fraction of sp³-hybridized carbons (Fsp3) is 0.462. The van der Waals surface area contributed by atoms with Crippen LogP contribution in [0.4, 0.5) is 5.69 Å². The van der Waals surface area contributed by atoms with Gasteiger partial charge in [0.05, 0.1) is 18.1 Å². The minimum Gasteiger partial charge on any atom is -0.478 e. The number of nitrogens with zero attached hydrogens (tertiary/aromatic N) is 1.